The predicted molar refractivity (Wildman–Crippen MR) is 91.6 cm³/mol. The van der Waals surface area contributed by atoms with E-state index in [0.29, 0.717) is 11.3 Å². The molecule has 0 radical (unpaired) electrons. The first-order chi connectivity index (χ1) is 8.49. The molecule has 2 unspecified atom stereocenters. The van der Waals surface area contributed by atoms with Crippen molar-refractivity contribution in [2.45, 2.75) is 64.2 Å². The molecule has 0 aromatic carbocycles. The van der Waals surface area contributed by atoms with E-state index in [0.717, 1.165) is 0 Å². The summed E-state index contributed by atoms with van der Waals surface area (Å²) >= 11 is 0. The standard InChI is InChI=1S/C14H36N2OSi2/c1-11-13(15(3)4)18(7,8)17-19(9,10)14(12-2)16(5)6/h13-14H,11-12H2,1-10H3. The van der Waals surface area contributed by atoms with Gasteiger partial charge in [-0.05, 0) is 67.2 Å². The molecule has 3 nitrogen and oxygen atoms in total. The second kappa shape index (κ2) is 7.36. The third-order valence-electron chi connectivity index (χ3n) is 4.15. The van der Waals surface area contributed by atoms with Crippen molar-refractivity contribution in [1.29, 1.82) is 0 Å². The lowest BCUT2D eigenvalue weighted by molar-refractivity contribution is 0.300. The Morgan fingerprint density at radius 3 is 1.16 bits per heavy atom. The molecule has 19 heavy (non-hydrogen) atoms. The Morgan fingerprint density at radius 2 is 1.00 bits per heavy atom. The maximum Gasteiger partial charge on any atom is 0.190 e. The van der Waals surface area contributed by atoms with E-state index in [-0.39, 0.29) is 0 Å². The van der Waals surface area contributed by atoms with E-state index < -0.39 is 16.6 Å². The van der Waals surface area contributed by atoms with Gasteiger partial charge in [-0.15, -0.1) is 0 Å². The summed E-state index contributed by atoms with van der Waals surface area (Å²) in [5, 5.41) is 0. The van der Waals surface area contributed by atoms with Crippen LogP contribution in [0.1, 0.15) is 26.7 Å². The molecular formula is C14H36N2OSi2. The largest absolute Gasteiger partial charge is 0.453 e. The number of nitrogens with zero attached hydrogens (tertiary/aromatic N) is 2. The molecular weight excluding hydrogens is 268 g/mol. The van der Waals surface area contributed by atoms with E-state index in [1.54, 1.807) is 0 Å². The van der Waals surface area contributed by atoms with Crippen LogP contribution in [0.4, 0.5) is 0 Å². The first-order valence-electron chi connectivity index (χ1n) is 7.52. The Labute approximate surface area is 123 Å². The van der Waals surface area contributed by atoms with E-state index in [1.807, 2.05) is 0 Å². The highest BCUT2D eigenvalue weighted by molar-refractivity contribution is 6.86. The zero-order valence-electron chi connectivity index (χ0n) is 14.9. The summed E-state index contributed by atoms with van der Waals surface area (Å²) in [6.45, 7) is 14.1. The molecule has 0 aliphatic rings. The van der Waals surface area contributed by atoms with E-state index in [2.05, 4.69) is 78.0 Å². The van der Waals surface area contributed by atoms with Gasteiger partial charge < -0.3 is 13.9 Å². The highest BCUT2D eigenvalue weighted by Crippen LogP contribution is 2.26. The van der Waals surface area contributed by atoms with Gasteiger partial charge in [-0.1, -0.05) is 13.8 Å². The summed E-state index contributed by atoms with van der Waals surface area (Å²) in [7, 11) is 5.35. The summed E-state index contributed by atoms with van der Waals surface area (Å²) in [5.41, 5.74) is 1.19. The van der Waals surface area contributed by atoms with Crippen molar-refractivity contribution in [3.63, 3.8) is 0 Å². The topological polar surface area (TPSA) is 15.7 Å². The molecule has 0 aliphatic carbocycles. The lowest BCUT2D eigenvalue weighted by Gasteiger charge is -2.45. The van der Waals surface area contributed by atoms with E-state index in [9.17, 15) is 0 Å². The Morgan fingerprint density at radius 1 is 0.737 bits per heavy atom. The summed E-state index contributed by atoms with van der Waals surface area (Å²) in [5.74, 6) is 0. The zero-order valence-corrected chi connectivity index (χ0v) is 16.9. The van der Waals surface area contributed by atoms with Crippen molar-refractivity contribution in [3.8, 4) is 0 Å². The molecule has 0 N–H and O–H groups in total. The second-order valence-electron chi connectivity index (χ2n) is 7.08. The van der Waals surface area contributed by atoms with Gasteiger partial charge in [-0.25, -0.2) is 0 Å². The third-order valence-corrected chi connectivity index (χ3v) is 13.4. The Kier molecular flexibility index (Phi) is 7.48. The van der Waals surface area contributed by atoms with Crippen LogP contribution in [-0.2, 0) is 4.12 Å². The van der Waals surface area contributed by atoms with Crippen molar-refractivity contribution < 1.29 is 4.12 Å². The fourth-order valence-corrected chi connectivity index (χ4v) is 14.7. The maximum atomic E-state index is 6.85. The lowest BCUT2D eigenvalue weighted by Crippen LogP contribution is -2.62. The molecule has 0 spiro atoms. The van der Waals surface area contributed by atoms with Gasteiger partial charge in [0.05, 0.1) is 0 Å². The van der Waals surface area contributed by atoms with Crippen molar-refractivity contribution >= 4 is 16.6 Å². The highest BCUT2D eigenvalue weighted by atomic mass is 28.4. The van der Waals surface area contributed by atoms with Crippen LogP contribution in [-0.4, -0.2) is 66.0 Å². The summed E-state index contributed by atoms with van der Waals surface area (Å²) < 4.78 is 6.85. The first kappa shape index (κ1) is 19.3. The summed E-state index contributed by atoms with van der Waals surface area (Å²) in [4.78, 5) is 4.71. The number of hydrogen-bond acceptors (Lipinski definition) is 3. The average Bonchev–Trinajstić information content (AvgIpc) is 2.14. The van der Waals surface area contributed by atoms with Gasteiger partial charge in [0.2, 0.25) is 0 Å². The van der Waals surface area contributed by atoms with Crippen LogP contribution in [0, 0.1) is 0 Å². The van der Waals surface area contributed by atoms with Crippen LogP contribution in [0.5, 0.6) is 0 Å². The van der Waals surface area contributed by atoms with Gasteiger partial charge in [0.1, 0.15) is 0 Å². The Balaban J connectivity index is 5.07. The molecule has 0 bridgehead atoms. The van der Waals surface area contributed by atoms with Crippen molar-refractivity contribution in [2.75, 3.05) is 28.2 Å². The van der Waals surface area contributed by atoms with Crippen molar-refractivity contribution in [3.05, 3.63) is 0 Å². The van der Waals surface area contributed by atoms with Gasteiger partial charge >= 0.3 is 0 Å². The monoisotopic (exact) mass is 304 g/mol. The molecule has 0 aromatic heterocycles. The summed E-state index contributed by atoms with van der Waals surface area (Å²) in [6, 6.07) is 0. The van der Waals surface area contributed by atoms with Crippen LogP contribution in [0.25, 0.3) is 0 Å². The molecule has 116 valence electrons. The predicted octanol–water partition coefficient (Wildman–Crippen LogP) is 3.17. The number of hydrogen-bond donors (Lipinski definition) is 0. The zero-order chi connectivity index (χ0) is 15.4. The van der Waals surface area contributed by atoms with Gasteiger partial charge in [0.25, 0.3) is 0 Å². The van der Waals surface area contributed by atoms with Crippen LogP contribution >= 0.6 is 0 Å². The normalized spacial score (nSPS) is 17.1. The smallest absolute Gasteiger partial charge is 0.190 e. The highest BCUT2D eigenvalue weighted by Gasteiger charge is 2.43. The molecule has 0 heterocycles. The van der Waals surface area contributed by atoms with E-state index in [4.69, 9.17) is 4.12 Å². The molecule has 0 saturated heterocycles. The van der Waals surface area contributed by atoms with Gasteiger partial charge in [0, 0.05) is 11.3 Å². The minimum absolute atomic E-state index is 0.596. The number of rotatable bonds is 8. The molecule has 0 amide bonds. The van der Waals surface area contributed by atoms with E-state index >= 15 is 0 Å². The van der Waals surface area contributed by atoms with Crippen molar-refractivity contribution in [2.24, 2.45) is 0 Å². The van der Waals surface area contributed by atoms with Crippen LogP contribution in [0.3, 0.4) is 0 Å². The van der Waals surface area contributed by atoms with E-state index in [1.165, 1.54) is 12.8 Å². The molecule has 2 atom stereocenters. The lowest BCUT2D eigenvalue weighted by atomic mass is 10.4. The minimum atomic E-state index is -1.70. The molecule has 0 rings (SSSR count). The fraction of sp³-hybridized carbons (Fsp3) is 1.00. The Hall–Kier alpha value is 0.314. The summed E-state index contributed by atoms with van der Waals surface area (Å²) in [6.07, 6.45) is 2.35. The first-order valence-corrected chi connectivity index (χ1v) is 13.5. The Bertz CT molecular complexity index is 242. The average molecular weight is 305 g/mol. The fourth-order valence-electron chi connectivity index (χ4n) is 3.77. The van der Waals surface area contributed by atoms with Gasteiger partial charge in [-0.2, -0.15) is 0 Å². The minimum Gasteiger partial charge on any atom is -0.453 e. The molecule has 5 heteroatoms. The van der Waals surface area contributed by atoms with Crippen LogP contribution < -0.4 is 0 Å². The molecule has 0 fully saturated rings. The van der Waals surface area contributed by atoms with Gasteiger partial charge in [-0.3, -0.25) is 0 Å². The van der Waals surface area contributed by atoms with Crippen molar-refractivity contribution in [1.82, 2.24) is 9.80 Å². The molecule has 0 saturated carbocycles. The second-order valence-corrected chi connectivity index (χ2v) is 15.6. The molecule has 0 aliphatic heterocycles. The van der Waals surface area contributed by atoms with Crippen LogP contribution in [0.15, 0.2) is 0 Å². The molecule has 0 aromatic rings. The third kappa shape index (κ3) is 5.30. The van der Waals surface area contributed by atoms with Crippen LogP contribution in [0.2, 0.25) is 26.2 Å². The SMILES string of the molecule is CCC(N(C)C)[Si](C)(C)O[Si](C)(C)C(CC)N(C)C. The maximum absolute atomic E-state index is 6.85. The van der Waals surface area contributed by atoms with Gasteiger partial charge in [0.15, 0.2) is 16.6 Å². The quantitative estimate of drug-likeness (QED) is 0.641.